The van der Waals surface area contributed by atoms with E-state index in [-0.39, 0.29) is 11.6 Å². The smallest absolute Gasteiger partial charge is 0.335 e. The van der Waals surface area contributed by atoms with Gasteiger partial charge in [0.1, 0.15) is 5.75 Å². The summed E-state index contributed by atoms with van der Waals surface area (Å²) < 4.78 is 11.0. The first kappa shape index (κ1) is 23.1. The van der Waals surface area contributed by atoms with E-state index in [2.05, 4.69) is 34.3 Å². The van der Waals surface area contributed by atoms with E-state index >= 15 is 0 Å². The summed E-state index contributed by atoms with van der Waals surface area (Å²) in [7, 11) is 3.39. The highest BCUT2D eigenvalue weighted by atomic mass is 16.5. The van der Waals surface area contributed by atoms with Crippen LogP contribution >= 0.6 is 0 Å². The first-order valence-corrected chi connectivity index (χ1v) is 11.5. The maximum absolute atomic E-state index is 11.6. The predicted octanol–water partition coefficient (Wildman–Crippen LogP) is 4.97. The number of aromatic carboxylic acids is 1. The van der Waals surface area contributed by atoms with Crippen molar-refractivity contribution in [3.63, 3.8) is 0 Å². The number of methoxy groups -OCH3 is 2. The Labute approximate surface area is 194 Å². The molecule has 1 saturated heterocycles. The van der Waals surface area contributed by atoms with Crippen molar-refractivity contribution in [2.45, 2.75) is 38.8 Å². The molecule has 0 saturated carbocycles. The summed E-state index contributed by atoms with van der Waals surface area (Å²) >= 11 is 0. The number of likely N-dealkylation sites (tertiary alicyclic amines) is 1. The zero-order valence-corrected chi connectivity index (χ0v) is 19.6. The van der Waals surface area contributed by atoms with Crippen molar-refractivity contribution in [3.05, 3.63) is 58.8 Å². The van der Waals surface area contributed by atoms with Gasteiger partial charge in [-0.25, -0.2) is 4.79 Å². The van der Waals surface area contributed by atoms with Gasteiger partial charge >= 0.3 is 5.97 Å². The van der Waals surface area contributed by atoms with Crippen LogP contribution in [0.1, 0.15) is 52.4 Å². The maximum Gasteiger partial charge on any atom is 0.335 e. The Balaban J connectivity index is 1.70. The Morgan fingerprint density at radius 3 is 2.85 bits per heavy atom. The van der Waals surface area contributed by atoms with Crippen LogP contribution in [0.15, 0.2) is 36.5 Å². The van der Waals surface area contributed by atoms with Crippen LogP contribution in [-0.4, -0.2) is 54.9 Å². The third-order valence-corrected chi connectivity index (χ3v) is 6.59. The summed E-state index contributed by atoms with van der Waals surface area (Å²) in [5.74, 6) is -0.0142. The molecule has 7 nitrogen and oxygen atoms in total. The van der Waals surface area contributed by atoms with Crippen molar-refractivity contribution >= 4 is 22.6 Å². The zero-order chi connectivity index (χ0) is 23.4. The summed E-state index contributed by atoms with van der Waals surface area (Å²) in [5, 5.41) is 14.1. The number of anilines is 1. The fraction of sp³-hybridized carbons (Fsp3) is 0.423. The number of carboxylic acids is 1. The summed E-state index contributed by atoms with van der Waals surface area (Å²) in [6, 6.07) is 9.84. The van der Waals surface area contributed by atoms with E-state index in [0.29, 0.717) is 13.2 Å². The third-order valence-electron chi connectivity index (χ3n) is 6.59. The molecule has 3 aromatic rings. The second kappa shape index (κ2) is 10.3. The molecule has 0 radical (unpaired) electrons. The van der Waals surface area contributed by atoms with Gasteiger partial charge in [0.05, 0.1) is 19.3 Å². The van der Waals surface area contributed by atoms with Gasteiger partial charge in [-0.15, -0.1) is 0 Å². The molecule has 0 aliphatic carbocycles. The van der Waals surface area contributed by atoms with E-state index in [4.69, 9.17) is 9.47 Å². The van der Waals surface area contributed by atoms with Gasteiger partial charge in [0.15, 0.2) is 0 Å². The standard InChI is InChI=1S/C26H33N3O4/c1-17-14-24(33-3)21(19-9-10-28-25(17)19)16-29-12-5-4-6-23(29)20-8-7-18(26(30)31)15-22(20)27-11-13-32-2/h7-10,14-15,23,27-28H,4-6,11-13,16H2,1-3H3,(H,30,31)/t23-/m0/s1. The number of carbonyl (C=O) groups is 1. The van der Waals surface area contributed by atoms with Crippen molar-refractivity contribution < 1.29 is 19.4 Å². The van der Waals surface area contributed by atoms with Gasteiger partial charge in [-0.3, -0.25) is 4.90 Å². The Morgan fingerprint density at radius 1 is 1.24 bits per heavy atom. The SMILES string of the molecule is COCCNc1cc(C(=O)O)ccc1[C@@H]1CCCCN1Cc1c(OC)cc(C)c2[nH]ccc12. The molecule has 0 bridgehead atoms. The minimum atomic E-state index is -0.920. The lowest BCUT2D eigenvalue weighted by Crippen LogP contribution is -2.33. The van der Waals surface area contributed by atoms with E-state index in [9.17, 15) is 9.90 Å². The minimum Gasteiger partial charge on any atom is -0.496 e. The highest BCUT2D eigenvalue weighted by Crippen LogP contribution is 2.39. The molecule has 0 amide bonds. The van der Waals surface area contributed by atoms with Crippen molar-refractivity contribution in [2.75, 3.05) is 39.2 Å². The first-order chi connectivity index (χ1) is 16.0. The molecule has 176 valence electrons. The molecule has 33 heavy (non-hydrogen) atoms. The first-order valence-electron chi connectivity index (χ1n) is 11.5. The molecule has 1 aliphatic heterocycles. The van der Waals surface area contributed by atoms with E-state index < -0.39 is 5.97 Å². The molecule has 4 rings (SSSR count). The highest BCUT2D eigenvalue weighted by Gasteiger charge is 2.28. The number of H-pyrrole nitrogens is 1. The van der Waals surface area contributed by atoms with Gasteiger partial charge in [-0.2, -0.15) is 0 Å². The lowest BCUT2D eigenvalue weighted by Gasteiger charge is -2.37. The van der Waals surface area contributed by atoms with Crippen LogP contribution in [0.25, 0.3) is 10.9 Å². The molecule has 1 aromatic heterocycles. The molecular weight excluding hydrogens is 418 g/mol. The number of nitrogens with zero attached hydrogens (tertiary/aromatic N) is 1. The second-order valence-electron chi connectivity index (χ2n) is 8.65. The Kier molecular flexibility index (Phi) is 7.20. The number of fused-ring (bicyclic) bond motifs is 1. The molecule has 1 aliphatic rings. The number of ether oxygens (including phenoxy) is 2. The number of hydrogen-bond acceptors (Lipinski definition) is 5. The third kappa shape index (κ3) is 4.84. The largest absolute Gasteiger partial charge is 0.496 e. The lowest BCUT2D eigenvalue weighted by atomic mass is 9.92. The Morgan fingerprint density at radius 2 is 2.09 bits per heavy atom. The fourth-order valence-electron chi connectivity index (χ4n) is 4.94. The number of nitrogens with one attached hydrogen (secondary N) is 2. The number of carboxylic acid groups (broad SMARTS) is 1. The molecule has 0 unspecified atom stereocenters. The molecule has 3 N–H and O–H groups in total. The van der Waals surface area contributed by atoms with E-state index in [0.717, 1.165) is 54.9 Å². The van der Waals surface area contributed by atoms with Crippen LogP contribution in [0, 0.1) is 6.92 Å². The van der Waals surface area contributed by atoms with Crippen LogP contribution in [0.5, 0.6) is 5.75 Å². The van der Waals surface area contributed by atoms with Gasteiger partial charge in [0.25, 0.3) is 0 Å². The minimum absolute atomic E-state index is 0.187. The average Bonchev–Trinajstić information content (AvgIpc) is 3.32. The van der Waals surface area contributed by atoms with Crippen molar-refractivity contribution in [3.8, 4) is 5.75 Å². The molecular formula is C26H33N3O4. The van der Waals surface area contributed by atoms with Crippen molar-refractivity contribution in [1.29, 1.82) is 0 Å². The number of aryl methyl sites for hydroxylation is 1. The van der Waals surface area contributed by atoms with Gasteiger partial charge in [-0.05, 0) is 61.7 Å². The normalized spacial score (nSPS) is 16.8. The lowest BCUT2D eigenvalue weighted by molar-refractivity contribution is 0.0697. The second-order valence-corrected chi connectivity index (χ2v) is 8.65. The van der Waals surface area contributed by atoms with E-state index in [1.165, 1.54) is 16.5 Å². The number of benzene rings is 2. The number of rotatable bonds is 9. The molecule has 7 heteroatoms. The average molecular weight is 452 g/mol. The highest BCUT2D eigenvalue weighted by molar-refractivity contribution is 5.89. The topological polar surface area (TPSA) is 86.8 Å². The zero-order valence-electron chi connectivity index (χ0n) is 19.6. The Bertz CT molecular complexity index is 1120. The Hall–Kier alpha value is -3.03. The molecule has 1 fully saturated rings. The molecule has 1 atom stereocenters. The van der Waals surface area contributed by atoms with Gasteiger partial charge in [0, 0.05) is 54.6 Å². The molecule has 2 aromatic carbocycles. The summed E-state index contributed by atoms with van der Waals surface area (Å²) in [6.45, 7) is 5.01. The number of aromatic amines is 1. The summed E-state index contributed by atoms with van der Waals surface area (Å²) in [5.41, 5.74) is 5.78. The van der Waals surface area contributed by atoms with Crippen LogP contribution in [0.2, 0.25) is 0 Å². The number of piperidine rings is 1. The van der Waals surface area contributed by atoms with Crippen molar-refractivity contribution in [1.82, 2.24) is 9.88 Å². The summed E-state index contributed by atoms with van der Waals surface area (Å²) in [6.07, 6.45) is 5.29. The van der Waals surface area contributed by atoms with Gasteiger partial charge in [0.2, 0.25) is 0 Å². The van der Waals surface area contributed by atoms with Crippen LogP contribution in [-0.2, 0) is 11.3 Å². The quantitative estimate of drug-likeness (QED) is 0.398. The summed E-state index contributed by atoms with van der Waals surface area (Å²) in [4.78, 5) is 17.5. The van der Waals surface area contributed by atoms with E-state index in [1.807, 2.05) is 12.3 Å². The van der Waals surface area contributed by atoms with Gasteiger partial charge < -0.3 is 24.9 Å². The van der Waals surface area contributed by atoms with Crippen LogP contribution in [0.3, 0.4) is 0 Å². The van der Waals surface area contributed by atoms with Crippen LogP contribution < -0.4 is 10.1 Å². The number of hydrogen-bond donors (Lipinski definition) is 3. The van der Waals surface area contributed by atoms with Crippen LogP contribution in [0.4, 0.5) is 5.69 Å². The monoisotopic (exact) mass is 451 g/mol. The molecule has 2 heterocycles. The van der Waals surface area contributed by atoms with Crippen molar-refractivity contribution in [2.24, 2.45) is 0 Å². The fourth-order valence-corrected chi connectivity index (χ4v) is 4.94. The predicted molar refractivity (Wildman–Crippen MR) is 130 cm³/mol. The van der Waals surface area contributed by atoms with E-state index in [1.54, 1.807) is 26.4 Å². The van der Waals surface area contributed by atoms with Gasteiger partial charge in [-0.1, -0.05) is 12.5 Å². The molecule has 0 spiro atoms. The number of aromatic nitrogens is 1. The maximum atomic E-state index is 11.6.